The van der Waals surface area contributed by atoms with Crippen molar-refractivity contribution < 1.29 is 4.79 Å². The van der Waals surface area contributed by atoms with Gasteiger partial charge in [-0.2, -0.15) is 0 Å². The van der Waals surface area contributed by atoms with Gasteiger partial charge in [-0.15, -0.1) is 0 Å². The maximum Gasteiger partial charge on any atom is 0.326 e. The molecule has 1 aliphatic rings. The van der Waals surface area contributed by atoms with Crippen LogP contribution in [0.4, 0.5) is 5.69 Å². The number of hydrogen-bond donors (Lipinski definition) is 4. The van der Waals surface area contributed by atoms with Crippen LogP contribution in [0.3, 0.4) is 0 Å². The van der Waals surface area contributed by atoms with Crippen LogP contribution in [-0.4, -0.2) is 15.9 Å². The van der Waals surface area contributed by atoms with Gasteiger partial charge in [0, 0.05) is 5.92 Å². The van der Waals surface area contributed by atoms with E-state index in [1.807, 2.05) is 41.4 Å². The quantitative estimate of drug-likeness (QED) is 0.559. The van der Waals surface area contributed by atoms with Crippen LogP contribution in [0.1, 0.15) is 52.0 Å². The van der Waals surface area contributed by atoms with Crippen LogP contribution >= 0.6 is 0 Å². The monoisotopic (exact) mass is 376 g/mol. The van der Waals surface area contributed by atoms with Gasteiger partial charge in [0.1, 0.15) is 11.4 Å². The number of benzene rings is 2. The molecule has 1 amide bonds. The van der Waals surface area contributed by atoms with Crippen LogP contribution in [0.5, 0.6) is 0 Å². The summed E-state index contributed by atoms with van der Waals surface area (Å²) in [5.41, 5.74) is 7.05. The first-order valence-corrected chi connectivity index (χ1v) is 9.11. The minimum atomic E-state index is -0.776. The van der Waals surface area contributed by atoms with Gasteiger partial charge in [0.2, 0.25) is 0 Å². The van der Waals surface area contributed by atoms with Gasteiger partial charge in [0.05, 0.1) is 6.04 Å². The highest BCUT2D eigenvalue weighted by Gasteiger charge is 2.29. The van der Waals surface area contributed by atoms with Crippen molar-refractivity contribution in [2.45, 2.75) is 24.8 Å². The molecule has 4 rings (SSSR count). The molecule has 0 aliphatic heterocycles. The van der Waals surface area contributed by atoms with Crippen molar-refractivity contribution in [1.29, 1.82) is 0 Å². The topological polar surface area (TPSA) is 121 Å². The van der Waals surface area contributed by atoms with Gasteiger partial charge in [0.25, 0.3) is 11.5 Å². The molecule has 0 radical (unpaired) electrons. The van der Waals surface area contributed by atoms with Gasteiger partial charge in [-0.05, 0) is 29.5 Å². The average Bonchev–Trinajstić information content (AvgIpc) is 2.71. The Morgan fingerprint density at radius 2 is 1.61 bits per heavy atom. The van der Waals surface area contributed by atoms with Crippen molar-refractivity contribution in [3.63, 3.8) is 0 Å². The number of H-pyrrole nitrogens is 2. The molecule has 0 spiro atoms. The lowest BCUT2D eigenvalue weighted by atomic mass is 9.77. The second-order valence-electron chi connectivity index (χ2n) is 6.89. The van der Waals surface area contributed by atoms with Crippen molar-refractivity contribution in [1.82, 2.24) is 15.3 Å². The molecule has 5 N–H and O–H groups in total. The zero-order chi connectivity index (χ0) is 19.7. The fourth-order valence-electron chi connectivity index (χ4n) is 3.88. The van der Waals surface area contributed by atoms with Crippen molar-refractivity contribution in [2.75, 3.05) is 5.73 Å². The molecular weight excluding hydrogens is 356 g/mol. The van der Waals surface area contributed by atoms with E-state index in [-0.39, 0.29) is 23.3 Å². The Morgan fingerprint density at radius 1 is 0.929 bits per heavy atom. The van der Waals surface area contributed by atoms with Crippen molar-refractivity contribution in [3.8, 4) is 0 Å². The summed E-state index contributed by atoms with van der Waals surface area (Å²) in [5.74, 6) is -0.311. The summed E-state index contributed by atoms with van der Waals surface area (Å²) in [5, 5.41) is 2.92. The molecule has 28 heavy (non-hydrogen) atoms. The molecular formula is C21H20N4O3. The molecule has 1 heterocycles. The van der Waals surface area contributed by atoms with E-state index in [1.54, 1.807) is 0 Å². The molecule has 1 aromatic heterocycles. The van der Waals surface area contributed by atoms with Crippen LogP contribution < -0.4 is 22.3 Å². The van der Waals surface area contributed by atoms with Gasteiger partial charge in [-0.3, -0.25) is 14.6 Å². The number of amides is 1. The van der Waals surface area contributed by atoms with E-state index in [9.17, 15) is 14.4 Å². The Labute approximate surface area is 160 Å². The fraction of sp³-hybridized carbons (Fsp3) is 0.190. The van der Waals surface area contributed by atoms with E-state index >= 15 is 0 Å². The number of nitrogens with one attached hydrogen (secondary N) is 3. The third kappa shape index (κ3) is 3.22. The summed E-state index contributed by atoms with van der Waals surface area (Å²) in [6, 6.07) is 18.0. The summed E-state index contributed by atoms with van der Waals surface area (Å²) in [6.45, 7) is 0. The van der Waals surface area contributed by atoms with Crippen LogP contribution in [0.2, 0.25) is 0 Å². The summed E-state index contributed by atoms with van der Waals surface area (Å²) in [4.78, 5) is 40.2. The SMILES string of the molecule is Nc1c(C(=O)N[C@H]2CC[C@H](c3ccccc3)c3ccccc32)[nH]c(=O)[nH]c1=O. The predicted molar refractivity (Wildman–Crippen MR) is 106 cm³/mol. The lowest BCUT2D eigenvalue weighted by Gasteiger charge is -2.32. The molecule has 0 saturated carbocycles. The summed E-state index contributed by atoms with van der Waals surface area (Å²) in [6.07, 6.45) is 1.60. The highest BCUT2D eigenvalue weighted by molar-refractivity contribution is 5.97. The number of aromatic nitrogens is 2. The smallest absolute Gasteiger partial charge is 0.326 e. The average molecular weight is 376 g/mol. The Hall–Kier alpha value is -3.61. The summed E-state index contributed by atoms with van der Waals surface area (Å²) >= 11 is 0. The molecule has 3 aromatic rings. The Kier molecular flexibility index (Phi) is 4.57. The number of anilines is 1. The predicted octanol–water partition coefficient (Wildman–Crippen LogP) is 2.04. The normalized spacial score (nSPS) is 18.3. The van der Waals surface area contributed by atoms with Crippen molar-refractivity contribution in [3.05, 3.63) is 97.8 Å². The molecule has 2 atom stereocenters. The van der Waals surface area contributed by atoms with Crippen LogP contribution in [-0.2, 0) is 0 Å². The molecule has 2 aromatic carbocycles. The number of fused-ring (bicyclic) bond motifs is 1. The fourth-order valence-corrected chi connectivity index (χ4v) is 3.88. The third-order valence-corrected chi connectivity index (χ3v) is 5.20. The van der Waals surface area contributed by atoms with E-state index in [4.69, 9.17) is 5.73 Å². The summed E-state index contributed by atoms with van der Waals surface area (Å²) < 4.78 is 0. The number of carbonyl (C=O) groups is 1. The van der Waals surface area contributed by atoms with E-state index in [1.165, 1.54) is 5.56 Å². The number of aromatic amines is 2. The number of carbonyl (C=O) groups excluding carboxylic acids is 1. The molecule has 0 saturated heterocycles. The largest absolute Gasteiger partial charge is 0.392 e. The minimum Gasteiger partial charge on any atom is -0.392 e. The molecule has 0 bridgehead atoms. The highest BCUT2D eigenvalue weighted by atomic mass is 16.2. The van der Waals surface area contributed by atoms with Gasteiger partial charge in [-0.1, -0.05) is 54.6 Å². The Bertz CT molecular complexity index is 1130. The minimum absolute atomic E-state index is 0.212. The first-order valence-electron chi connectivity index (χ1n) is 9.11. The van der Waals surface area contributed by atoms with E-state index in [0.717, 1.165) is 24.0 Å². The second kappa shape index (κ2) is 7.19. The molecule has 1 aliphatic carbocycles. The number of hydrogen-bond acceptors (Lipinski definition) is 4. The number of nitrogens with two attached hydrogens (primary N) is 1. The standard InChI is InChI=1S/C21H20N4O3/c22-17-18(24-21(28)25-19(17)26)20(27)23-16-11-10-13(12-6-2-1-3-7-12)14-8-4-5-9-15(14)16/h1-9,13,16H,10-11,22H2,(H,23,27)(H2,24,25,26,28)/t13-,16+/m1/s1. The highest BCUT2D eigenvalue weighted by Crippen LogP contribution is 2.41. The lowest BCUT2D eigenvalue weighted by molar-refractivity contribution is 0.0927. The van der Waals surface area contributed by atoms with Gasteiger partial charge in [0.15, 0.2) is 0 Å². The summed E-state index contributed by atoms with van der Waals surface area (Å²) in [7, 11) is 0. The third-order valence-electron chi connectivity index (χ3n) is 5.20. The van der Waals surface area contributed by atoms with E-state index < -0.39 is 17.2 Å². The molecule has 0 fully saturated rings. The van der Waals surface area contributed by atoms with E-state index in [2.05, 4.69) is 28.5 Å². The maximum atomic E-state index is 12.7. The van der Waals surface area contributed by atoms with Crippen molar-refractivity contribution in [2.24, 2.45) is 0 Å². The Morgan fingerprint density at radius 3 is 2.36 bits per heavy atom. The molecule has 0 unspecified atom stereocenters. The Balaban J connectivity index is 1.65. The molecule has 7 heteroatoms. The zero-order valence-electron chi connectivity index (χ0n) is 15.1. The van der Waals surface area contributed by atoms with Crippen LogP contribution in [0.15, 0.2) is 64.2 Å². The van der Waals surface area contributed by atoms with Crippen LogP contribution in [0, 0.1) is 0 Å². The number of rotatable bonds is 3. The second-order valence-corrected chi connectivity index (χ2v) is 6.89. The zero-order valence-corrected chi connectivity index (χ0v) is 15.1. The maximum absolute atomic E-state index is 12.7. The first kappa shape index (κ1) is 17.8. The first-order chi connectivity index (χ1) is 13.5. The van der Waals surface area contributed by atoms with Crippen molar-refractivity contribution >= 4 is 11.6 Å². The van der Waals surface area contributed by atoms with Gasteiger partial charge < -0.3 is 16.0 Å². The van der Waals surface area contributed by atoms with E-state index in [0.29, 0.717) is 0 Å². The van der Waals surface area contributed by atoms with Gasteiger partial charge >= 0.3 is 5.69 Å². The lowest BCUT2D eigenvalue weighted by Crippen LogP contribution is -2.36. The van der Waals surface area contributed by atoms with Crippen LogP contribution in [0.25, 0.3) is 0 Å². The molecule has 142 valence electrons. The molecule has 7 nitrogen and oxygen atoms in total. The van der Waals surface area contributed by atoms with Gasteiger partial charge in [-0.25, -0.2) is 4.79 Å². The number of nitrogen functional groups attached to an aromatic ring is 1.